The highest BCUT2D eigenvalue weighted by Gasteiger charge is 2.53. The first-order valence-corrected chi connectivity index (χ1v) is 12.6. The van der Waals surface area contributed by atoms with Crippen molar-refractivity contribution in [3.8, 4) is 0 Å². The first-order chi connectivity index (χ1) is 16.7. The van der Waals surface area contributed by atoms with Crippen LogP contribution in [0.2, 0.25) is 0 Å². The molecule has 1 N–H and O–H groups in total. The fourth-order valence-electron chi connectivity index (χ4n) is 3.65. The van der Waals surface area contributed by atoms with Gasteiger partial charge in [0.1, 0.15) is 18.8 Å². The van der Waals surface area contributed by atoms with Gasteiger partial charge in [-0.3, -0.25) is 19.2 Å². The summed E-state index contributed by atoms with van der Waals surface area (Å²) in [7, 11) is 0. The molecule has 0 bridgehead atoms. The van der Waals surface area contributed by atoms with Gasteiger partial charge in [-0.25, -0.2) is 0 Å². The molecule has 0 amide bonds. The van der Waals surface area contributed by atoms with Crippen LogP contribution in [0.4, 0.5) is 0 Å². The number of ether oxygens (including phenoxy) is 4. The topological polar surface area (TPSA) is 129 Å². The summed E-state index contributed by atoms with van der Waals surface area (Å²) in [6.45, 7) is 16.6. The highest BCUT2D eigenvalue weighted by molar-refractivity contribution is 5.90. The molecule has 2 heterocycles. The summed E-state index contributed by atoms with van der Waals surface area (Å²) in [4.78, 5) is 51.8. The van der Waals surface area contributed by atoms with Crippen LogP contribution in [0.5, 0.6) is 0 Å². The zero-order valence-electron chi connectivity index (χ0n) is 23.7. The van der Waals surface area contributed by atoms with Gasteiger partial charge in [-0.05, 0) is 75.3 Å². The molecule has 0 unspecified atom stereocenters. The maximum atomic E-state index is 12.9. The van der Waals surface area contributed by atoms with E-state index < -0.39 is 64.8 Å². The number of ketones is 1. The molecule has 2 rings (SSSR count). The molecule has 6 atom stereocenters. The number of aliphatic hydroxyl groups is 1. The van der Waals surface area contributed by atoms with Crippen LogP contribution >= 0.6 is 0 Å². The molecular formula is C27H43NO9. The van der Waals surface area contributed by atoms with E-state index in [9.17, 15) is 24.3 Å². The van der Waals surface area contributed by atoms with Gasteiger partial charge < -0.3 is 29.0 Å². The normalized spacial score (nSPS) is 29.1. The molecule has 0 aromatic rings. The Kier molecular flexibility index (Phi) is 9.24. The predicted molar refractivity (Wildman–Crippen MR) is 134 cm³/mol. The number of aliphatic hydroxyl groups excluding tert-OH is 1. The molecule has 1 fully saturated rings. The Morgan fingerprint density at radius 1 is 0.919 bits per heavy atom. The van der Waals surface area contributed by atoms with Crippen molar-refractivity contribution in [2.75, 3.05) is 6.61 Å². The molecule has 2 aliphatic rings. The molecule has 0 radical (unpaired) electrons. The molecule has 0 aromatic heterocycles. The zero-order chi connectivity index (χ0) is 28.5. The number of hydrogen-bond donors (Lipinski definition) is 1. The van der Waals surface area contributed by atoms with Gasteiger partial charge in [-0.2, -0.15) is 0 Å². The minimum absolute atomic E-state index is 0.0732. The standard InChI is InChI=1S/C27H43NO9/c1-15-13-16(29)11-12-28(15)21-20(37-24(33)27(8,9)10)18(30)19(36-23(32)26(5,6)7)17(35-21)14-34-22(31)25(2,3)4/h11-12,15,17-21,30H,13-14H2,1-10H3/t15-,17-,18-,19-,20-,21+/m1/s1. The Labute approximate surface area is 219 Å². The number of rotatable bonds is 5. The fraction of sp³-hybridized carbons (Fsp3) is 0.778. The average Bonchev–Trinajstić information content (AvgIpc) is 2.73. The first-order valence-electron chi connectivity index (χ1n) is 12.6. The quantitative estimate of drug-likeness (QED) is 0.422. The van der Waals surface area contributed by atoms with Gasteiger partial charge in [0, 0.05) is 18.7 Å². The van der Waals surface area contributed by atoms with E-state index in [2.05, 4.69) is 0 Å². The second kappa shape index (κ2) is 11.1. The van der Waals surface area contributed by atoms with E-state index in [0.29, 0.717) is 0 Å². The van der Waals surface area contributed by atoms with Crippen LogP contribution in [0, 0.1) is 16.2 Å². The average molecular weight is 526 g/mol. The lowest BCUT2D eigenvalue weighted by Gasteiger charge is -2.49. The fourth-order valence-corrected chi connectivity index (χ4v) is 3.65. The largest absolute Gasteiger partial charge is 0.462 e. The molecule has 10 nitrogen and oxygen atoms in total. The second-order valence-corrected chi connectivity index (χ2v) is 12.9. The maximum absolute atomic E-state index is 12.9. The Hall–Kier alpha value is -2.46. The van der Waals surface area contributed by atoms with Crippen molar-refractivity contribution in [3.63, 3.8) is 0 Å². The minimum Gasteiger partial charge on any atom is -0.462 e. The second-order valence-electron chi connectivity index (χ2n) is 12.9. The Bertz CT molecular complexity index is 904. The molecule has 210 valence electrons. The maximum Gasteiger partial charge on any atom is 0.311 e. The zero-order valence-corrected chi connectivity index (χ0v) is 23.7. The number of nitrogens with zero attached hydrogens (tertiary/aromatic N) is 1. The summed E-state index contributed by atoms with van der Waals surface area (Å²) in [5, 5.41) is 11.5. The van der Waals surface area contributed by atoms with Crippen LogP contribution in [-0.4, -0.2) is 77.0 Å². The van der Waals surface area contributed by atoms with Gasteiger partial charge in [0.15, 0.2) is 24.2 Å². The molecular weight excluding hydrogens is 482 g/mol. The first kappa shape index (κ1) is 30.8. The van der Waals surface area contributed by atoms with Crippen molar-refractivity contribution in [1.82, 2.24) is 4.90 Å². The van der Waals surface area contributed by atoms with Crippen molar-refractivity contribution >= 4 is 23.7 Å². The molecule has 2 aliphatic heterocycles. The van der Waals surface area contributed by atoms with E-state index in [1.165, 1.54) is 12.3 Å². The van der Waals surface area contributed by atoms with Crippen molar-refractivity contribution in [1.29, 1.82) is 0 Å². The van der Waals surface area contributed by atoms with Crippen molar-refractivity contribution < 1.29 is 43.2 Å². The molecule has 1 saturated heterocycles. The number of carbonyl (C=O) groups excluding carboxylic acids is 4. The van der Waals surface area contributed by atoms with Crippen LogP contribution in [0.25, 0.3) is 0 Å². The number of carbonyl (C=O) groups is 4. The Morgan fingerprint density at radius 2 is 1.41 bits per heavy atom. The summed E-state index contributed by atoms with van der Waals surface area (Å²) in [5.41, 5.74) is -2.58. The van der Waals surface area contributed by atoms with E-state index >= 15 is 0 Å². The lowest BCUT2D eigenvalue weighted by atomic mass is 9.92. The molecule has 10 heteroatoms. The van der Waals surface area contributed by atoms with Gasteiger partial charge in [0.2, 0.25) is 0 Å². The third kappa shape index (κ3) is 7.77. The van der Waals surface area contributed by atoms with Crippen LogP contribution in [0.3, 0.4) is 0 Å². The lowest BCUT2D eigenvalue weighted by molar-refractivity contribution is -0.277. The van der Waals surface area contributed by atoms with Gasteiger partial charge in [-0.15, -0.1) is 0 Å². The van der Waals surface area contributed by atoms with Crippen LogP contribution in [-0.2, 0) is 38.1 Å². The van der Waals surface area contributed by atoms with E-state index in [0.717, 1.165) is 0 Å². The Balaban J connectivity index is 2.49. The summed E-state index contributed by atoms with van der Waals surface area (Å²) in [6.07, 6.45) is -3.06. The molecule has 0 aromatic carbocycles. The Morgan fingerprint density at radius 3 is 1.86 bits per heavy atom. The van der Waals surface area contributed by atoms with Gasteiger partial charge in [0.05, 0.1) is 16.2 Å². The molecule has 0 saturated carbocycles. The van der Waals surface area contributed by atoms with Gasteiger partial charge in [0.25, 0.3) is 0 Å². The van der Waals surface area contributed by atoms with Crippen LogP contribution in [0.15, 0.2) is 12.3 Å². The van der Waals surface area contributed by atoms with Crippen LogP contribution in [0.1, 0.15) is 75.7 Å². The van der Waals surface area contributed by atoms with E-state index in [1.807, 2.05) is 0 Å². The lowest BCUT2D eigenvalue weighted by Crippen LogP contribution is -2.66. The highest BCUT2D eigenvalue weighted by Crippen LogP contribution is 2.34. The summed E-state index contributed by atoms with van der Waals surface area (Å²) < 4.78 is 23.2. The third-order valence-electron chi connectivity index (χ3n) is 6.07. The van der Waals surface area contributed by atoms with Crippen LogP contribution < -0.4 is 0 Å². The monoisotopic (exact) mass is 525 g/mol. The van der Waals surface area contributed by atoms with Crippen molar-refractivity contribution in [3.05, 3.63) is 12.3 Å². The van der Waals surface area contributed by atoms with Crippen molar-refractivity contribution in [2.24, 2.45) is 16.2 Å². The highest BCUT2D eigenvalue weighted by atomic mass is 16.6. The summed E-state index contributed by atoms with van der Waals surface area (Å²) >= 11 is 0. The van der Waals surface area contributed by atoms with E-state index in [4.69, 9.17) is 18.9 Å². The number of esters is 3. The summed E-state index contributed by atoms with van der Waals surface area (Å²) in [5.74, 6) is -1.77. The van der Waals surface area contributed by atoms with E-state index in [1.54, 1.807) is 74.1 Å². The molecule has 0 aliphatic carbocycles. The third-order valence-corrected chi connectivity index (χ3v) is 6.07. The molecule has 37 heavy (non-hydrogen) atoms. The number of hydrogen-bond acceptors (Lipinski definition) is 10. The van der Waals surface area contributed by atoms with Gasteiger partial charge in [-0.1, -0.05) is 0 Å². The SMILES string of the molecule is C[C@@H]1CC(=O)C=CN1[C@H]1O[C@H](COC(=O)C(C)(C)C)[C@@H](OC(=O)C(C)(C)C)[C@@H](O)[C@H]1OC(=O)C(C)(C)C. The van der Waals surface area contributed by atoms with Gasteiger partial charge >= 0.3 is 17.9 Å². The van der Waals surface area contributed by atoms with Crippen molar-refractivity contribution in [2.45, 2.75) is 112 Å². The predicted octanol–water partition coefficient (Wildman–Crippen LogP) is 2.75. The minimum atomic E-state index is -1.51. The number of allylic oxidation sites excluding steroid dienone is 1. The summed E-state index contributed by atoms with van der Waals surface area (Å²) in [6, 6.07) is -0.336. The van der Waals surface area contributed by atoms with E-state index in [-0.39, 0.29) is 24.9 Å². The smallest absolute Gasteiger partial charge is 0.311 e. The molecule has 0 spiro atoms.